The van der Waals surface area contributed by atoms with E-state index in [0.29, 0.717) is 24.2 Å². The monoisotopic (exact) mass is 286 g/mol. The van der Waals surface area contributed by atoms with Crippen LogP contribution in [-0.2, 0) is 11.8 Å². The lowest BCUT2D eigenvalue weighted by atomic mass is 10.0. The first-order chi connectivity index (χ1) is 9.40. The molecule has 112 valence electrons. The molecule has 0 aromatic carbocycles. The first-order valence-corrected chi connectivity index (χ1v) is 6.46. The number of alkyl halides is 1. The van der Waals surface area contributed by atoms with Crippen molar-refractivity contribution < 1.29 is 19.0 Å². The van der Waals surface area contributed by atoms with Crippen LogP contribution in [0, 0.1) is 0 Å². The molecule has 0 spiro atoms. The molecule has 1 aliphatic heterocycles. The Morgan fingerprint density at radius 3 is 2.90 bits per heavy atom. The van der Waals surface area contributed by atoms with E-state index in [1.807, 2.05) is 0 Å². The predicted molar refractivity (Wildman–Crippen MR) is 70.0 cm³/mol. The second-order valence-electron chi connectivity index (χ2n) is 5.02. The first kappa shape index (κ1) is 14.6. The van der Waals surface area contributed by atoms with E-state index in [1.165, 1.54) is 6.20 Å². The number of nitrogens with two attached hydrogens (primary N) is 1. The largest absolute Gasteiger partial charge is 0.465 e. The third-order valence-corrected chi connectivity index (χ3v) is 3.58. The molecule has 1 saturated heterocycles. The Morgan fingerprint density at radius 1 is 1.65 bits per heavy atom. The summed E-state index contributed by atoms with van der Waals surface area (Å²) >= 11 is 0. The van der Waals surface area contributed by atoms with Gasteiger partial charge in [-0.2, -0.15) is 5.10 Å². The molecule has 0 aliphatic carbocycles. The number of hydrogen-bond donors (Lipinski definition) is 3. The number of aromatic nitrogens is 2. The van der Waals surface area contributed by atoms with Crippen LogP contribution in [0.25, 0.3) is 0 Å². The topological polar surface area (TPSA) is 102 Å². The summed E-state index contributed by atoms with van der Waals surface area (Å²) in [6, 6.07) is -0.776. The average molecular weight is 286 g/mol. The van der Waals surface area contributed by atoms with Crippen LogP contribution in [0.4, 0.5) is 14.9 Å². The van der Waals surface area contributed by atoms with E-state index >= 15 is 0 Å². The summed E-state index contributed by atoms with van der Waals surface area (Å²) in [6.45, 7) is 1.59. The number of nitrogens with zero attached hydrogens (tertiary/aromatic N) is 2. The van der Waals surface area contributed by atoms with Crippen molar-refractivity contribution in [3.63, 3.8) is 0 Å². The van der Waals surface area contributed by atoms with Gasteiger partial charge in [-0.05, 0) is 19.8 Å². The molecule has 1 aromatic rings. The fourth-order valence-corrected chi connectivity index (χ4v) is 2.59. The van der Waals surface area contributed by atoms with E-state index in [4.69, 9.17) is 15.6 Å². The van der Waals surface area contributed by atoms with Gasteiger partial charge in [0.1, 0.15) is 12.3 Å². The fourth-order valence-electron chi connectivity index (χ4n) is 2.59. The van der Waals surface area contributed by atoms with Crippen molar-refractivity contribution in [1.29, 1.82) is 0 Å². The van der Waals surface area contributed by atoms with Crippen LogP contribution < -0.4 is 11.1 Å². The Morgan fingerprint density at radius 2 is 2.35 bits per heavy atom. The van der Waals surface area contributed by atoms with Crippen molar-refractivity contribution in [2.45, 2.75) is 44.2 Å². The molecule has 1 unspecified atom stereocenters. The molecule has 1 aliphatic rings. The van der Waals surface area contributed by atoms with Crippen molar-refractivity contribution in [2.75, 3.05) is 5.73 Å². The fraction of sp³-hybridized carbons (Fsp3) is 0.667. The van der Waals surface area contributed by atoms with Gasteiger partial charge in [0, 0.05) is 7.05 Å². The third kappa shape index (κ3) is 2.84. The van der Waals surface area contributed by atoms with Crippen LogP contribution in [0.15, 0.2) is 6.20 Å². The SMILES string of the molecule is CC1O[C@H](c2c(N)cnn2C)CC[C@@H](NC(=O)O)[C@@H]1F. The van der Waals surface area contributed by atoms with Gasteiger partial charge in [0.15, 0.2) is 0 Å². The lowest BCUT2D eigenvalue weighted by Gasteiger charge is -2.23. The van der Waals surface area contributed by atoms with Crippen molar-refractivity contribution in [3.05, 3.63) is 11.9 Å². The maximum atomic E-state index is 14.2. The predicted octanol–water partition coefficient (Wildman–Crippen LogP) is 1.22. The van der Waals surface area contributed by atoms with E-state index in [1.54, 1.807) is 18.7 Å². The maximum Gasteiger partial charge on any atom is 0.404 e. The van der Waals surface area contributed by atoms with Crippen LogP contribution in [0.3, 0.4) is 0 Å². The van der Waals surface area contributed by atoms with Crippen molar-refractivity contribution in [1.82, 2.24) is 15.1 Å². The zero-order valence-corrected chi connectivity index (χ0v) is 11.4. The maximum absolute atomic E-state index is 14.2. The Hall–Kier alpha value is -1.83. The van der Waals surface area contributed by atoms with Gasteiger partial charge in [-0.15, -0.1) is 0 Å². The summed E-state index contributed by atoms with van der Waals surface area (Å²) in [6.07, 6.45) is -1.42. The molecule has 20 heavy (non-hydrogen) atoms. The molecule has 4 atom stereocenters. The molecule has 2 heterocycles. The number of hydrogen-bond acceptors (Lipinski definition) is 4. The molecule has 1 aromatic heterocycles. The minimum atomic E-state index is -1.40. The molecule has 4 N–H and O–H groups in total. The second-order valence-corrected chi connectivity index (χ2v) is 5.02. The zero-order chi connectivity index (χ0) is 14.9. The standard InChI is InChI=1S/C12H19FN4O3/c1-6-10(13)8(16-12(18)19)3-4-9(20-6)11-7(14)5-15-17(11)2/h5-6,8-10,16H,3-4,14H2,1-2H3,(H,18,19)/t6?,8-,9+,10-/m1/s1. The summed E-state index contributed by atoms with van der Waals surface area (Å²) < 4.78 is 21.5. The van der Waals surface area contributed by atoms with Gasteiger partial charge in [0.2, 0.25) is 0 Å². The smallest absolute Gasteiger partial charge is 0.404 e. The minimum Gasteiger partial charge on any atom is -0.465 e. The number of ether oxygens (including phenoxy) is 1. The lowest BCUT2D eigenvalue weighted by molar-refractivity contribution is -0.0377. The zero-order valence-electron chi connectivity index (χ0n) is 11.4. The highest BCUT2D eigenvalue weighted by Gasteiger charge is 2.36. The van der Waals surface area contributed by atoms with Gasteiger partial charge in [-0.25, -0.2) is 9.18 Å². The molecule has 8 heteroatoms. The molecule has 7 nitrogen and oxygen atoms in total. The molecular formula is C12H19FN4O3. The van der Waals surface area contributed by atoms with E-state index in [0.717, 1.165) is 0 Å². The van der Waals surface area contributed by atoms with Crippen molar-refractivity contribution in [3.8, 4) is 0 Å². The Bertz CT molecular complexity index is 474. The number of aryl methyl sites for hydroxylation is 1. The summed E-state index contributed by atoms with van der Waals surface area (Å²) in [5, 5.41) is 15.0. The highest BCUT2D eigenvalue weighted by Crippen LogP contribution is 2.33. The normalized spacial score (nSPS) is 30.8. The van der Waals surface area contributed by atoms with E-state index in [-0.39, 0.29) is 0 Å². The molecule has 0 bridgehead atoms. The summed E-state index contributed by atoms with van der Waals surface area (Å²) in [4.78, 5) is 10.7. The highest BCUT2D eigenvalue weighted by atomic mass is 19.1. The number of amides is 1. The quantitative estimate of drug-likeness (QED) is 0.758. The van der Waals surface area contributed by atoms with Gasteiger partial charge in [0.05, 0.1) is 29.7 Å². The number of halogens is 1. The number of carboxylic acid groups (broad SMARTS) is 1. The van der Waals surface area contributed by atoms with E-state index in [2.05, 4.69) is 10.4 Å². The van der Waals surface area contributed by atoms with Crippen LogP contribution in [0.1, 0.15) is 31.6 Å². The Balaban J connectivity index is 2.18. The number of anilines is 1. The van der Waals surface area contributed by atoms with Gasteiger partial charge in [-0.1, -0.05) is 0 Å². The van der Waals surface area contributed by atoms with Crippen LogP contribution in [0.5, 0.6) is 0 Å². The third-order valence-electron chi connectivity index (χ3n) is 3.58. The van der Waals surface area contributed by atoms with Crippen LogP contribution in [0.2, 0.25) is 0 Å². The van der Waals surface area contributed by atoms with Gasteiger partial charge >= 0.3 is 6.09 Å². The number of rotatable bonds is 2. The second kappa shape index (κ2) is 5.66. The highest BCUT2D eigenvalue weighted by molar-refractivity contribution is 5.65. The minimum absolute atomic E-state index is 0.340. The number of nitrogen functional groups attached to an aromatic ring is 1. The van der Waals surface area contributed by atoms with Gasteiger partial charge in [-0.3, -0.25) is 4.68 Å². The summed E-state index contributed by atoms with van der Waals surface area (Å²) in [5.74, 6) is 0. The number of carbonyl (C=O) groups is 1. The van der Waals surface area contributed by atoms with Crippen molar-refractivity contribution >= 4 is 11.8 Å². The Kier molecular flexibility index (Phi) is 4.12. The Labute approximate surface area is 115 Å². The molecule has 1 fully saturated rings. The molecule has 1 amide bonds. The molecule has 0 saturated carbocycles. The van der Waals surface area contributed by atoms with Gasteiger partial charge in [0.25, 0.3) is 0 Å². The van der Waals surface area contributed by atoms with Gasteiger partial charge < -0.3 is 20.9 Å². The molecular weight excluding hydrogens is 267 g/mol. The number of nitrogens with one attached hydrogen (secondary N) is 1. The summed E-state index contributed by atoms with van der Waals surface area (Å²) in [7, 11) is 1.74. The van der Waals surface area contributed by atoms with Crippen molar-refractivity contribution in [2.24, 2.45) is 7.05 Å². The summed E-state index contributed by atoms with van der Waals surface area (Å²) in [5.41, 5.74) is 7.04. The molecule has 0 radical (unpaired) electrons. The molecule has 2 rings (SSSR count). The van der Waals surface area contributed by atoms with Crippen LogP contribution in [-0.4, -0.2) is 39.3 Å². The average Bonchev–Trinajstić information content (AvgIpc) is 2.64. The first-order valence-electron chi connectivity index (χ1n) is 6.46. The van der Waals surface area contributed by atoms with E-state index < -0.39 is 30.5 Å². The lowest BCUT2D eigenvalue weighted by Crippen LogP contribution is -2.44. The van der Waals surface area contributed by atoms with E-state index in [9.17, 15) is 9.18 Å². The van der Waals surface area contributed by atoms with Crippen LogP contribution >= 0.6 is 0 Å².